The number of amides is 1. The lowest BCUT2D eigenvalue weighted by Gasteiger charge is -2.26. The number of nitrogens with one attached hydrogen (secondary N) is 1. The molecule has 1 aromatic heterocycles. The lowest BCUT2D eigenvalue weighted by molar-refractivity contribution is 0.0866. The number of halogens is 1. The lowest BCUT2D eigenvalue weighted by atomic mass is 9.86. The third-order valence-corrected chi connectivity index (χ3v) is 4.34. The Morgan fingerprint density at radius 3 is 2.93 bits per heavy atom. The van der Waals surface area contributed by atoms with Gasteiger partial charge in [0.1, 0.15) is 24.2 Å². The van der Waals surface area contributed by atoms with Crippen LogP contribution in [0, 0.1) is 17.1 Å². The number of pyridine rings is 1. The zero-order valence-electron chi connectivity index (χ0n) is 15.0. The molecule has 0 bridgehead atoms. The Balaban J connectivity index is 1.89. The number of aromatic nitrogens is 1. The average Bonchev–Trinajstić information content (AvgIpc) is 2.80. The Kier molecular flexibility index (Phi) is 5.24. The van der Waals surface area contributed by atoms with E-state index in [9.17, 15) is 14.3 Å². The molecule has 3 rings (SSSR count). The van der Waals surface area contributed by atoms with Crippen LogP contribution in [0.15, 0.2) is 41.5 Å². The van der Waals surface area contributed by atoms with Crippen molar-refractivity contribution in [3.63, 3.8) is 0 Å². The van der Waals surface area contributed by atoms with Crippen molar-refractivity contribution < 1.29 is 19.0 Å². The molecule has 0 spiro atoms. The highest BCUT2D eigenvalue weighted by molar-refractivity contribution is 6.02. The van der Waals surface area contributed by atoms with Gasteiger partial charge in [0.25, 0.3) is 11.9 Å². The second-order valence-electron chi connectivity index (χ2n) is 6.59. The van der Waals surface area contributed by atoms with Crippen LogP contribution in [0.4, 0.5) is 10.1 Å². The summed E-state index contributed by atoms with van der Waals surface area (Å²) < 4.78 is 19.6. The summed E-state index contributed by atoms with van der Waals surface area (Å²) in [6.45, 7) is 1.59. The molecule has 2 heterocycles. The molecule has 8 nitrogen and oxygen atoms in total. The molecular weight excluding hydrogens is 365 g/mol. The van der Waals surface area contributed by atoms with Gasteiger partial charge in [-0.1, -0.05) is 0 Å². The molecule has 1 aliphatic heterocycles. The summed E-state index contributed by atoms with van der Waals surface area (Å²) in [4.78, 5) is 20.5. The molecule has 0 saturated carbocycles. The van der Waals surface area contributed by atoms with Crippen molar-refractivity contribution in [2.75, 3.05) is 11.9 Å². The molecule has 0 aliphatic carbocycles. The summed E-state index contributed by atoms with van der Waals surface area (Å²) in [6.07, 6.45) is 0.505. The third kappa shape index (κ3) is 4.07. The van der Waals surface area contributed by atoms with E-state index in [1.807, 2.05) is 6.07 Å². The van der Waals surface area contributed by atoms with Crippen LogP contribution in [0.5, 0.6) is 0 Å². The summed E-state index contributed by atoms with van der Waals surface area (Å²) in [6, 6.07) is 8.71. The fourth-order valence-corrected chi connectivity index (χ4v) is 3.00. The molecule has 4 N–H and O–H groups in total. The van der Waals surface area contributed by atoms with Gasteiger partial charge in [0.05, 0.1) is 17.2 Å². The minimum absolute atomic E-state index is 0.0344. The average molecular weight is 383 g/mol. The molecule has 2 aromatic rings. The number of aliphatic imine (C=N–C) groups is 1. The van der Waals surface area contributed by atoms with E-state index in [4.69, 9.17) is 15.7 Å². The summed E-state index contributed by atoms with van der Waals surface area (Å²) in [7, 11) is 0. The van der Waals surface area contributed by atoms with Crippen molar-refractivity contribution >= 4 is 17.6 Å². The van der Waals surface area contributed by atoms with Gasteiger partial charge in [-0.05, 0) is 37.3 Å². The molecule has 0 radical (unpaired) electrons. The number of carbonyl (C=O) groups excluding carboxylic acids is 1. The summed E-state index contributed by atoms with van der Waals surface area (Å²) >= 11 is 0. The summed E-state index contributed by atoms with van der Waals surface area (Å²) in [5, 5.41) is 21.4. The first-order chi connectivity index (χ1) is 13.3. The van der Waals surface area contributed by atoms with Gasteiger partial charge >= 0.3 is 0 Å². The smallest absolute Gasteiger partial charge is 0.282 e. The van der Waals surface area contributed by atoms with Crippen LogP contribution in [0.1, 0.15) is 35.0 Å². The Bertz CT molecular complexity index is 971. The van der Waals surface area contributed by atoms with Crippen molar-refractivity contribution in [1.82, 2.24) is 4.98 Å². The second-order valence-corrected chi connectivity index (χ2v) is 6.59. The molecule has 0 saturated heterocycles. The number of aliphatic hydroxyl groups is 1. The Labute approximate surface area is 160 Å². The first-order valence-electron chi connectivity index (χ1n) is 8.44. The number of nitriles is 1. The highest BCUT2D eigenvalue weighted by Gasteiger charge is 2.35. The van der Waals surface area contributed by atoms with Gasteiger partial charge in [0.15, 0.2) is 0 Å². The highest BCUT2D eigenvalue weighted by Crippen LogP contribution is 2.35. The quantitative estimate of drug-likeness (QED) is 0.738. The number of nitrogens with two attached hydrogens (primary N) is 1. The van der Waals surface area contributed by atoms with Crippen LogP contribution < -0.4 is 11.1 Å². The van der Waals surface area contributed by atoms with Gasteiger partial charge in [0.2, 0.25) is 0 Å². The van der Waals surface area contributed by atoms with Gasteiger partial charge in [0, 0.05) is 23.9 Å². The maximum Gasteiger partial charge on any atom is 0.282 e. The topological polar surface area (TPSA) is 134 Å². The molecule has 1 aromatic carbocycles. The number of anilines is 1. The van der Waals surface area contributed by atoms with Crippen LogP contribution in [0.3, 0.4) is 0 Å². The van der Waals surface area contributed by atoms with E-state index < -0.39 is 23.4 Å². The standard InChI is InChI=1S/C19H18FN5O3/c1-19(7-13(26)10-28-18(22)25-19)14-6-12(3-4-15(14)20)24-17(27)16-5-2-11(8-21)9-23-16/h2-6,9,13,26H,7,10H2,1H3,(H2,22,25)(H,24,27)/t13?,19-/m0/s1. The van der Waals surface area contributed by atoms with Gasteiger partial charge in [-0.3, -0.25) is 4.79 Å². The number of amidine groups is 1. The third-order valence-electron chi connectivity index (χ3n) is 4.34. The fraction of sp³-hybridized carbons (Fsp3) is 0.263. The predicted molar refractivity (Wildman–Crippen MR) is 98.9 cm³/mol. The predicted octanol–water partition coefficient (Wildman–Crippen LogP) is 1.66. The fourth-order valence-electron chi connectivity index (χ4n) is 3.00. The largest absolute Gasteiger partial charge is 0.463 e. The van der Waals surface area contributed by atoms with Gasteiger partial charge in [-0.25, -0.2) is 14.4 Å². The number of hydrogen-bond donors (Lipinski definition) is 3. The molecule has 1 aliphatic rings. The number of carbonyl (C=O) groups is 1. The number of ether oxygens (including phenoxy) is 1. The van der Waals surface area contributed by atoms with Gasteiger partial charge in [-0.15, -0.1) is 0 Å². The van der Waals surface area contributed by atoms with Crippen molar-refractivity contribution in [2.24, 2.45) is 10.7 Å². The first kappa shape index (κ1) is 19.3. The first-order valence-corrected chi connectivity index (χ1v) is 8.44. The molecule has 144 valence electrons. The molecule has 1 unspecified atom stereocenters. The minimum Gasteiger partial charge on any atom is -0.463 e. The zero-order valence-corrected chi connectivity index (χ0v) is 15.0. The molecule has 0 fully saturated rings. The van der Waals surface area contributed by atoms with E-state index in [1.165, 1.54) is 36.5 Å². The van der Waals surface area contributed by atoms with E-state index >= 15 is 0 Å². The van der Waals surface area contributed by atoms with Crippen LogP contribution in [0.25, 0.3) is 0 Å². The van der Waals surface area contributed by atoms with Crippen molar-refractivity contribution in [2.45, 2.75) is 25.0 Å². The summed E-state index contributed by atoms with van der Waals surface area (Å²) in [5.41, 5.74) is 5.42. The Morgan fingerprint density at radius 1 is 1.46 bits per heavy atom. The van der Waals surface area contributed by atoms with Crippen LogP contribution in [-0.2, 0) is 10.3 Å². The van der Waals surface area contributed by atoms with E-state index in [-0.39, 0.29) is 30.3 Å². The van der Waals surface area contributed by atoms with Gasteiger partial charge < -0.3 is 20.9 Å². The minimum atomic E-state index is -1.17. The number of benzene rings is 1. The van der Waals surface area contributed by atoms with Crippen molar-refractivity contribution in [3.05, 3.63) is 59.2 Å². The number of aliphatic hydroxyl groups excluding tert-OH is 1. The maximum absolute atomic E-state index is 14.5. The highest BCUT2D eigenvalue weighted by atomic mass is 19.1. The maximum atomic E-state index is 14.5. The molecule has 2 atom stereocenters. The van der Waals surface area contributed by atoms with E-state index in [0.29, 0.717) is 11.3 Å². The lowest BCUT2D eigenvalue weighted by Crippen LogP contribution is -2.28. The molecule has 9 heteroatoms. The number of rotatable bonds is 3. The molecule has 1 amide bonds. The van der Waals surface area contributed by atoms with Crippen LogP contribution >= 0.6 is 0 Å². The van der Waals surface area contributed by atoms with E-state index in [1.54, 1.807) is 6.92 Å². The second kappa shape index (κ2) is 7.62. The number of hydrogen-bond acceptors (Lipinski definition) is 7. The molecule has 28 heavy (non-hydrogen) atoms. The van der Waals surface area contributed by atoms with E-state index in [2.05, 4.69) is 15.3 Å². The van der Waals surface area contributed by atoms with Crippen LogP contribution in [0.2, 0.25) is 0 Å². The molecular formula is C19H18FN5O3. The van der Waals surface area contributed by atoms with Crippen LogP contribution in [-0.4, -0.2) is 34.7 Å². The van der Waals surface area contributed by atoms with Crippen molar-refractivity contribution in [3.8, 4) is 6.07 Å². The summed E-state index contributed by atoms with van der Waals surface area (Å²) in [5.74, 6) is -1.07. The number of nitrogens with zero attached hydrogens (tertiary/aromatic N) is 3. The monoisotopic (exact) mass is 383 g/mol. The van der Waals surface area contributed by atoms with E-state index in [0.717, 1.165) is 0 Å². The Morgan fingerprint density at radius 2 is 2.25 bits per heavy atom. The zero-order chi connectivity index (χ0) is 20.3. The van der Waals surface area contributed by atoms with Crippen molar-refractivity contribution in [1.29, 1.82) is 5.26 Å². The SMILES string of the molecule is C[C@@]1(c2cc(NC(=O)c3ccc(C#N)cn3)ccc2F)CC(O)COC(N)=N1. The van der Waals surface area contributed by atoms with Gasteiger partial charge in [-0.2, -0.15) is 5.26 Å². The Hall–Kier alpha value is -3.51. The normalized spacial score (nSPS) is 21.6.